The number of nitrogens with one attached hydrogen (secondary N) is 1. The van der Waals surface area contributed by atoms with Gasteiger partial charge in [-0.3, -0.25) is 19.6 Å². The maximum absolute atomic E-state index is 12.2. The molecular formula is C15H24N4O3. The van der Waals surface area contributed by atoms with Gasteiger partial charge in [-0.25, -0.2) is 0 Å². The second-order valence-corrected chi connectivity index (χ2v) is 7.08. The first-order valence-corrected chi connectivity index (χ1v) is 7.73. The Labute approximate surface area is 130 Å². The number of hydrogen-bond acceptors (Lipinski definition) is 4. The lowest BCUT2D eigenvalue weighted by Crippen LogP contribution is -2.47. The van der Waals surface area contributed by atoms with E-state index in [4.69, 9.17) is 0 Å². The van der Waals surface area contributed by atoms with Crippen molar-refractivity contribution in [1.82, 2.24) is 15.1 Å². The Morgan fingerprint density at radius 3 is 2.73 bits per heavy atom. The molecule has 0 aromatic carbocycles. The molecule has 0 unspecified atom stereocenters. The SMILES string of the molecule is CC(C)(C)[C@H]1CCCC[C@@H]1NC(=O)Cn1cc([N+](=O)[O-])cn1. The molecule has 0 aliphatic heterocycles. The summed E-state index contributed by atoms with van der Waals surface area (Å²) in [4.78, 5) is 22.3. The summed E-state index contributed by atoms with van der Waals surface area (Å²) in [6.45, 7) is 6.64. The first kappa shape index (κ1) is 16.5. The Kier molecular flexibility index (Phi) is 4.83. The lowest BCUT2D eigenvalue weighted by molar-refractivity contribution is -0.385. The van der Waals surface area contributed by atoms with E-state index in [-0.39, 0.29) is 29.6 Å². The molecule has 1 aromatic heterocycles. The lowest BCUT2D eigenvalue weighted by Gasteiger charge is -2.40. The maximum atomic E-state index is 12.2. The molecular weight excluding hydrogens is 284 g/mol. The van der Waals surface area contributed by atoms with Crippen LogP contribution in [-0.2, 0) is 11.3 Å². The third-order valence-electron chi connectivity index (χ3n) is 4.36. The van der Waals surface area contributed by atoms with Gasteiger partial charge in [-0.2, -0.15) is 5.10 Å². The summed E-state index contributed by atoms with van der Waals surface area (Å²) in [7, 11) is 0. The molecule has 1 N–H and O–H groups in total. The second-order valence-electron chi connectivity index (χ2n) is 7.08. The van der Waals surface area contributed by atoms with Gasteiger partial charge in [0.05, 0.1) is 4.92 Å². The van der Waals surface area contributed by atoms with E-state index in [0.717, 1.165) is 25.5 Å². The molecule has 2 rings (SSSR count). The average molecular weight is 308 g/mol. The number of carbonyl (C=O) groups is 1. The van der Waals surface area contributed by atoms with Gasteiger partial charge in [0.1, 0.15) is 18.9 Å². The fourth-order valence-corrected chi connectivity index (χ4v) is 3.27. The Bertz CT molecular complexity index is 547. The highest BCUT2D eigenvalue weighted by molar-refractivity contribution is 5.76. The highest BCUT2D eigenvalue weighted by Crippen LogP contribution is 2.37. The van der Waals surface area contributed by atoms with Crippen LogP contribution >= 0.6 is 0 Å². The largest absolute Gasteiger partial charge is 0.351 e. The second kappa shape index (κ2) is 6.46. The van der Waals surface area contributed by atoms with Crippen molar-refractivity contribution in [2.24, 2.45) is 11.3 Å². The highest BCUT2D eigenvalue weighted by atomic mass is 16.6. The fourth-order valence-electron chi connectivity index (χ4n) is 3.27. The molecule has 0 saturated heterocycles. The molecule has 7 heteroatoms. The number of aromatic nitrogens is 2. The summed E-state index contributed by atoms with van der Waals surface area (Å²) >= 11 is 0. The zero-order valence-electron chi connectivity index (χ0n) is 13.4. The molecule has 0 radical (unpaired) electrons. The van der Waals surface area contributed by atoms with E-state index < -0.39 is 4.92 Å². The van der Waals surface area contributed by atoms with Gasteiger partial charge in [0.15, 0.2) is 0 Å². The molecule has 0 spiro atoms. The molecule has 0 bridgehead atoms. The minimum Gasteiger partial charge on any atom is -0.351 e. The van der Waals surface area contributed by atoms with Crippen LogP contribution in [0.4, 0.5) is 5.69 Å². The van der Waals surface area contributed by atoms with Crippen molar-refractivity contribution in [2.45, 2.75) is 59.0 Å². The van der Waals surface area contributed by atoms with Crippen LogP contribution < -0.4 is 5.32 Å². The van der Waals surface area contributed by atoms with Gasteiger partial charge in [0.25, 0.3) is 0 Å². The van der Waals surface area contributed by atoms with E-state index in [2.05, 4.69) is 31.2 Å². The molecule has 1 saturated carbocycles. The van der Waals surface area contributed by atoms with Gasteiger partial charge in [-0.1, -0.05) is 33.6 Å². The first-order valence-electron chi connectivity index (χ1n) is 7.73. The smallest absolute Gasteiger partial charge is 0.307 e. The average Bonchev–Trinajstić information content (AvgIpc) is 2.86. The van der Waals surface area contributed by atoms with E-state index in [1.807, 2.05) is 0 Å². The van der Waals surface area contributed by atoms with Gasteiger partial charge in [0, 0.05) is 6.04 Å². The number of hydrogen-bond donors (Lipinski definition) is 1. The molecule has 1 aliphatic carbocycles. The van der Waals surface area contributed by atoms with E-state index in [1.54, 1.807) is 0 Å². The zero-order chi connectivity index (χ0) is 16.3. The van der Waals surface area contributed by atoms with Crippen LogP contribution in [0, 0.1) is 21.4 Å². The van der Waals surface area contributed by atoms with Crippen molar-refractivity contribution in [2.75, 3.05) is 0 Å². The quantitative estimate of drug-likeness (QED) is 0.683. The molecule has 1 fully saturated rings. The van der Waals surface area contributed by atoms with Crippen LogP contribution in [0.25, 0.3) is 0 Å². The minimum atomic E-state index is -0.516. The van der Waals surface area contributed by atoms with Crippen molar-refractivity contribution in [3.63, 3.8) is 0 Å². The van der Waals surface area contributed by atoms with Crippen molar-refractivity contribution in [3.8, 4) is 0 Å². The van der Waals surface area contributed by atoms with Gasteiger partial charge >= 0.3 is 5.69 Å². The van der Waals surface area contributed by atoms with Crippen molar-refractivity contribution < 1.29 is 9.72 Å². The summed E-state index contributed by atoms with van der Waals surface area (Å²) < 4.78 is 1.31. The fraction of sp³-hybridized carbons (Fsp3) is 0.733. The Balaban J connectivity index is 1.96. The molecule has 1 amide bonds. The summed E-state index contributed by atoms with van der Waals surface area (Å²) in [5.41, 5.74) is 0.0566. The molecule has 1 aliphatic rings. The van der Waals surface area contributed by atoms with Crippen LogP contribution in [0.1, 0.15) is 46.5 Å². The first-order chi connectivity index (χ1) is 10.3. The molecule has 2 atom stereocenters. The van der Waals surface area contributed by atoms with Crippen LogP contribution in [0.2, 0.25) is 0 Å². The van der Waals surface area contributed by atoms with E-state index >= 15 is 0 Å². The highest BCUT2D eigenvalue weighted by Gasteiger charge is 2.34. The molecule has 1 heterocycles. The number of carbonyl (C=O) groups excluding carboxylic acids is 1. The van der Waals surface area contributed by atoms with Crippen molar-refractivity contribution >= 4 is 11.6 Å². The number of nitrogens with zero attached hydrogens (tertiary/aromatic N) is 3. The van der Waals surface area contributed by atoms with Gasteiger partial charge < -0.3 is 5.32 Å². The number of nitro groups is 1. The third kappa shape index (κ3) is 4.05. The molecule has 122 valence electrons. The Hall–Kier alpha value is -1.92. The summed E-state index contributed by atoms with van der Waals surface area (Å²) in [6.07, 6.45) is 6.90. The normalized spacial score (nSPS) is 22.3. The Morgan fingerprint density at radius 2 is 2.14 bits per heavy atom. The summed E-state index contributed by atoms with van der Waals surface area (Å²) in [6, 6.07) is 0.173. The summed E-state index contributed by atoms with van der Waals surface area (Å²) in [5.74, 6) is 0.316. The standard InChI is InChI=1S/C15H24N4O3/c1-15(2,3)12-6-4-5-7-13(12)17-14(20)10-18-9-11(8-16-18)19(21)22/h8-9,12-13H,4-7,10H2,1-3H3,(H,17,20)/t12-,13-/m0/s1. The Morgan fingerprint density at radius 1 is 1.45 bits per heavy atom. The lowest BCUT2D eigenvalue weighted by atomic mass is 9.69. The minimum absolute atomic E-state index is 0.0151. The van der Waals surface area contributed by atoms with Crippen LogP contribution in [-0.4, -0.2) is 26.7 Å². The van der Waals surface area contributed by atoms with E-state index in [1.165, 1.54) is 17.3 Å². The van der Waals surface area contributed by atoms with E-state index in [9.17, 15) is 14.9 Å². The zero-order valence-corrected chi connectivity index (χ0v) is 13.4. The summed E-state index contributed by atoms with van der Waals surface area (Å²) in [5, 5.41) is 17.6. The van der Waals surface area contributed by atoms with Crippen molar-refractivity contribution in [3.05, 3.63) is 22.5 Å². The van der Waals surface area contributed by atoms with Gasteiger partial charge in [-0.15, -0.1) is 0 Å². The maximum Gasteiger partial charge on any atom is 0.307 e. The van der Waals surface area contributed by atoms with Crippen LogP contribution in [0.5, 0.6) is 0 Å². The number of amides is 1. The predicted molar refractivity (Wildman–Crippen MR) is 82.2 cm³/mol. The number of rotatable bonds is 4. The van der Waals surface area contributed by atoms with E-state index in [0.29, 0.717) is 5.92 Å². The van der Waals surface area contributed by atoms with Crippen molar-refractivity contribution in [1.29, 1.82) is 0 Å². The molecule has 7 nitrogen and oxygen atoms in total. The van der Waals surface area contributed by atoms with Crippen LogP contribution in [0.15, 0.2) is 12.4 Å². The monoisotopic (exact) mass is 308 g/mol. The van der Waals surface area contributed by atoms with Gasteiger partial charge in [0.2, 0.25) is 5.91 Å². The predicted octanol–water partition coefficient (Wildman–Crippen LogP) is 2.51. The van der Waals surface area contributed by atoms with Crippen LogP contribution in [0.3, 0.4) is 0 Å². The third-order valence-corrected chi connectivity index (χ3v) is 4.36. The molecule has 1 aromatic rings. The molecule has 22 heavy (non-hydrogen) atoms. The van der Waals surface area contributed by atoms with Gasteiger partial charge in [-0.05, 0) is 24.2 Å². The topological polar surface area (TPSA) is 90.1 Å².